The van der Waals surface area contributed by atoms with Crippen molar-refractivity contribution in [3.05, 3.63) is 46.9 Å². The van der Waals surface area contributed by atoms with E-state index in [1.165, 1.54) is 11.8 Å². The van der Waals surface area contributed by atoms with Gasteiger partial charge in [-0.1, -0.05) is 22.0 Å². The first-order valence-corrected chi connectivity index (χ1v) is 7.98. The maximum Gasteiger partial charge on any atom is 0.234 e. The number of methoxy groups -OCH3 is 1. The summed E-state index contributed by atoms with van der Waals surface area (Å²) in [7, 11) is 1.54. The Kier molecular flexibility index (Phi) is 5.52. The van der Waals surface area contributed by atoms with Crippen LogP contribution in [0.2, 0.25) is 0 Å². The summed E-state index contributed by atoms with van der Waals surface area (Å²) in [4.78, 5) is 13.0. The zero-order valence-corrected chi connectivity index (χ0v) is 13.8. The number of amides is 1. The minimum atomic E-state index is -0.0944. The average molecular weight is 367 g/mol. The first-order valence-electron chi connectivity index (χ1n) is 6.20. The summed E-state index contributed by atoms with van der Waals surface area (Å²) in [6, 6.07) is 13.0. The number of halogens is 1. The standard InChI is InChI=1S/C15H15BrN2O2S/c1-20-14-8-11(17)5-6-13(14)18-15(19)9-21-12-4-2-3-10(16)7-12/h2-8H,9,17H2,1H3,(H,18,19). The van der Waals surface area contributed by atoms with E-state index < -0.39 is 0 Å². The van der Waals surface area contributed by atoms with Gasteiger partial charge in [-0.3, -0.25) is 4.79 Å². The average Bonchev–Trinajstić information content (AvgIpc) is 2.47. The van der Waals surface area contributed by atoms with Crippen molar-refractivity contribution in [3.8, 4) is 5.75 Å². The number of nitrogens with two attached hydrogens (primary N) is 1. The van der Waals surface area contributed by atoms with Crippen molar-refractivity contribution in [1.82, 2.24) is 0 Å². The normalized spacial score (nSPS) is 10.2. The number of hydrogen-bond donors (Lipinski definition) is 2. The molecule has 2 rings (SSSR count). The second kappa shape index (κ2) is 7.38. The van der Waals surface area contributed by atoms with Crippen LogP contribution in [0.4, 0.5) is 11.4 Å². The number of ether oxygens (including phenoxy) is 1. The number of rotatable bonds is 5. The third-order valence-corrected chi connectivity index (χ3v) is 4.15. The van der Waals surface area contributed by atoms with Gasteiger partial charge in [-0.2, -0.15) is 0 Å². The molecular formula is C15H15BrN2O2S. The van der Waals surface area contributed by atoms with Gasteiger partial charge in [-0.15, -0.1) is 11.8 Å². The van der Waals surface area contributed by atoms with E-state index in [1.807, 2.05) is 24.3 Å². The fourth-order valence-corrected chi connectivity index (χ4v) is 3.01. The second-order valence-electron chi connectivity index (χ2n) is 4.25. The fourth-order valence-electron chi connectivity index (χ4n) is 1.70. The van der Waals surface area contributed by atoms with Crippen LogP contribution in [0.15, 0.2) is 51.8 Å². The molecule has 0 aromatic heterocycles. The van der Waals surface area contributed by atoms with E-state index in [2.05, 4.69) is 21.2 Å². The lowest BCUT2D eigenvalue weighted by atomic mass is 10.2. The molecule has 0 spiro atoms. The number of hydrogen-bond acceptors (Lipinski definition) is 4. The van der Waals surface area contributed by atoms with E-state index in [4.69, 9.17) is 10.5 Å². The lowest BCUT2D eigenvalue weighted by Crippen LogP contribution is -2.14. The van der Waals surface area contributed by atoms with E-state index in [9.17, 15) is 4.79 Å². The van der Waals surface area contributed by atoms with Gasteiger partial charge in [-0.05, 0) is 30.3 Å². The van der Waals surface area contributed by atoms with Gasteiger partial charge in [0.05, 0.1) is 18.6 Å². The van der Waals surface area contributed by atoms with Crippen LogP contribution in [0.5, 0.6) is 5.75 Å². The summed E-state index contributed by atoms with van der Waals surface area (Å²) < 4.78 is 6.19. The highest BCUT2D eigenvalue weighted by molar-refractivity contribution is 9.10. The Morgan fingerprint density at radius 1 is 1.33 bits per heavy atom. The zero-order chi connectivity index (χ0) is 15.2. The molecule has 0 aliphatic rings. The Balaban J connectivity index is 1.96. The van der Waals surface area contributed by atoms with E-state index in [-0.39, 0.29) is 5.91 Å². The summed E-state index contributed by atoms with van der Waals surface area (Å²) in [6.45, 7) is 0. The molecule has 3 N–H and O–H groups in total. The van der Waals surface area contributed by atoms with Crippen molar-refractivity contribution >= 4 is 45.0 Å². The topological polar surface area (TPSA) is 64.3 Å². The quantitative estimate of drug-likeness (QED) is 0.624. The summed E-state index contributed by atoms with van der Waals surface area (Å²) in [5, 5.41) is 2.82. The van der Waals surface area contributed by atoms with Gasteiger partial charge in [0.2, 0.25) is 5.91 Å². The first-order chi connectivity index (χ1) is 10.1. The van der Waals surface area contributed by atoms with Gasteiger partial charge in [0.1, 0.15) is 5.75 Å². The molecule has 21 heavy (non-hydrogen) atoms. The number of anilines is 2. The molecule has 4 nitrogen and oxygen atoms in total. The van der Waals surface area contributed by atoms with Crippen LogP contribution in [0.3, 0.4) is 0 Å². The third kappa shape index (κ3) is 4.68. The molecule has 0 bridgehead atoms. The van der Waals surface area contributed by atoms with Gasteiger partial charge in [0, 0.05) is 21.1 Å². The molecule has 6 heteroatoms. The van der Waals surface area contributed by atoms with Crippen molar-refractivity contribution in [2.75, 3.05) is 23.9 Å². The zero-order valence-electron chi connectivity index (χ0n) is 11.4. The van der Waals surface area contributed by atoms with Gasteiger partial charge in [0.15, 0.2) is 0 Å². The van der Waals surface area contributed by atoms with Crippen LogP contribution in [-0.2, 0) is 4.79 Å². The van der Waals surface area contributed by atoms with Crippen molar-refractivity contribution < 1.29 is 9.53 Å². The van der Waals surface area contributed by atoms with E-state index in [0.717, 1.165) is 9.37 Å². The number of thioether (sulfide) groups is 1. The Morgan fingerprint density at radius 3 is 2.86 bits per heavy atom. The largest absolute Gasteiger partial charge is 0.494 e. The van der Waals surface area contributed by atoms with Crippen LogP contribution in [-0.4, -0.2) is 18.8 Å². The summed E-state index contributed by atoms with van der Waals surface area (Å²) >= 11 is 4.88. The lowest BCUT2D eigenvalue weighted by Gasteiger charge is -2.10. The van der Waals surface area contributed by atoms with Crippen LogP contribution < -0.4 is 15.8 Å². The Morgan fingerprint density at radius 2 is 2.14 bits per heavy atom. The Bertz CT molecular complexity index is 649. The molecule has 0 aliphatic carbocycles. The third-order valence-electron chi connectivity index (χ3n) is 2.67. The monoisotopic (exact) mass is 366 g/mol. The molecule has 0 saturated heterocycles. The number of benzene rings is 2. The van der Waals surface area contributed by atoms with Gasteiger partial charge in [0.25, 0.3) is 0 Å². The number of nitrogens with one attached hydrogen (secondary N) is 1. The van der Waals surface area contributed by atoms with Gasteiger partial charge >= 0.3 is 0 Å². The van der Waals surface area contributed by atoms with E-state index >= 15 is 0 Å². The van der Waals surface area contributed by atoms with Crippen LogP contribution in [0, 0.1) is 0 Å². The highest BCUT2D eigenvalue weighted by atomic mass is 79.9. The van der Waals surface area contributed by atoms with Crippen LogP contribution in [0.1, 0.15) is 0 Å². The van der Waals surface area contributed by atoms with Crippen molar-refractivity contribution in [3.63, 3.8) is 0 Å². The molecule has 110 valence electrons. The van der Waals surface area contributed by atoms with Crippen LogP contribution in [0.25, 0.3) is 0 Å². The molecular weight excluding hydrogens is 352 g/mol. The highest BCUT2D eigenvalue weighted by Gasteiger charge is 2.08. The van der Waals surface area contributed by atoms with E-state index in [1.54, 1.807) is 25.3 Å². The second-order valence-corrected chi connectivity index (χ2v) is 6.22. The lowest BCUT2D eigenvalue weighted by molar-refractivity contribution is -0.113. The van der Waals surface area contributed by atoms with Crippen molar-refractivity contribution in [1.29, 1.82) is 0 Å². The van der Waals surface area contributed by atoms with Gasteiger partial charge < -0.3 is 15.8 Å². The highest BCUT2D eigenvalue weighted by Crippen LogP contribution is 2.27. The minimum absolute atomic E-state index is 0.0944. The molecule has 0 saturated carbocycles. The number of nitrogen functional groups attached to an aromatic ring is 1. The maximum absolute atomic E-state index is 12.0. The summed E-state index contributed by atoms with van der Waals surface area (Å²) in [6.07, 6.45) is 0. The molecule has 2 aromatic carbocycles. The van der Waals surface area contributed by atoms with E-state index in [0.29, 0.717) is 22.9 Å². The first kappa shape index (κ1) is 15.7. The summed E-state index contributed by atoms with van der Waals surface area (Å²) in [5.41, 5.74) is 6.89. The van der Waals surface area contributed by atoms with Crippen LogP contribution >= 0.6 is 27.7 Å². The molecule has 0 fully saturated rings. The minimum Gasteiger partial charge on any atom is -0.494 e. The van der Waals surface area contributed by atoms with Crippen molar-refractivity contribution in [2.45, 2.75) is 4.90 Å². The molecule has 0 aliphatic heterocycles. The molecule has 0 unspecified atom stereocenters. The molecule has 0 radical (unpaired) electrons. The smallest absolute Gasteiger partial charge is 0.234 e. The number of carbonyl (C=O) groups is 1. The Labute approximate surface area is 136 Å². The summed E-state index contributed by atoms with van der Waals surface area (Å²) in [5.74, 6) is 0.781. The maximum atomic E-state index is 12.0. The predicted octanol–water partition coefficient (Wildman–Crippen LogP) is 3.77. The predicted molar refractivity (Wildman–Crippen MR) is 90.9 cm³/mol. The fraction of sp³-hybridized carbons (Fsp3) is 0.133. The van der Waals surface area contributed by atoms with Crippen molar-refractivity contribution in [2.24, 2.45) is 0 Å². The molecule has 2 aromatic rings. The molecule has 0 atom stereocenters. The molecule has 0 heterocycles. The number of carbonyl (C=O) groups excluding carboxylic acids is 1. The Hall–Kier alpha value is -1.66. The SMILES string of the molecule is COc1cc(N)ccc1NC(=O)CSc1cccc(Br)c1. The van der Waals surface area contributed by atoms with Gasteiger partial charge in [-0.25, -0.2) is 0 Å². The molecule has 1 amide bonds.